The van der Waals surface area contributed by atoms with Crippen LogP contribution in [0, 0.1) is 5.92 Å². The van der Waals surface area contributed by atoms with E-state index in [4.69, 9.17) is 9.47 Å². The molecule has 0 aliphatic carbocycles. The van der Waals surface area contributed by atoms with Gasteiger partial charge in [0.2, 0.25) is 11.8 Å². The third kappa shape index (κ3) is 12.4. The van der Waals surface area contributed by atoms with E-state index >= 15 is 0 Å². The molecule has 0 saturated carbocycles. The van der Waals surface area contributed by atoms with Gasteiger partial charge < -0.3 is 30.1 Å². The number of hydrogen-bond acceptors (Lipinski definition) is 7. The molecule has 3 N–H and O–H groups in total. The molecule has 2 rings (SSSR count). The van der Waals surface area contributed by atoms with Crippen LogP contribution < -0.4 is 10.6 Å². The molecule has 3 amide bonds. The van der Waals surface area contributed by atoms with Crippen molar-refractivity contribution in [2.75, 3.05) is 0 Å². The summed E-state index contributed by atoms with van der Waals surface area (Å²) in [6.45, 7) is 17.8. The summed E-state index contributed by atoms with van der Waals surface area (Å²) >= 11 is 0. The fourth-order valence-electron chi connectivity index (χ4n) is 4.76. The second-order valence-corrected chi connectivity index (χ2v) is 13.9. The molecule has 45 heavy (non-hydrogen) atoms. The number of alkyl carbamates (subject to hydrolysis) is 1. The monoisotopic (exact) mass is 625 g/mol. The van der Waals surface area contributed by atoms with Gasteiger partial charge in [0.15, 0.2) is 0 Å². The van der Waals surface area contributed by atoms with E-state index < -0.39 is 59.2 Å². The van der Waals surface area contributed by atoms with Crippen LogP contribution in [0.1, 0.15) is 92.8 Å². The molecule has 0 bridgehead atoms. The molecule has 3 unspecified atom stereocenters. The van der Waals surface area contributed by atoms with Crippen molar-refractivity contribution < 1.29 is 33.8 Å². The maximum atomic E-state index is 14.3. The largest absolute Gasteiger partial charge is 0.508 e. The molecule has 0 fully saturated rings. The Morgan fingerprint density at radius 2 is 1.33 bits per heavy atom. The highest BCUT2D eigenvalue weighted by Gasteiger charge is 2.39. The highest BCUT2D eigenvalue weighted by atomic mass is 16.6. The van der Waals surface area contributed by atoms with Crippen LogP contribution in [0.15, 0.2) is 54.6 Å². The molecule has 2 aromatic carbocycles. The Morgan fingerprint density at radius 1 is 0.778 bits per heavy atom. The van der Waals surface area contributed by atoms with Crippen molar-refractivity contribution in [2.45, 2.75) is 117 Å². The number of esters is 1. The number of aromatic hydroxyl groups is 1. The van der Waals surface area contributed by atoms with E-state index in [0.717, 1.165) is 5.56 Å². The van der Waals surface area contributed by atoms with Crippen molar-refractivity contribution in [3.8, 4) is 5.75 Å². The van der Waals surface area contributed by atoms with Crippen LogP contribution in [0.5, 0.6) is 5.75 Å². The van der Waals surface area contributed by atoms with Crippen LogP contribution in [-0.2, 0) is 30.3 Å². The molecule has 0 saturated heterocycles. The van der Waals surface area contributed by atoms with Crippen LogP contribution in [0.25, 0.3) is 0 Å². The van der Waals surface area contributed by atoms with Crippen molar-refractivity contribution in [3.05, 3.63) is 65.7 Å². The number of ether oxygens (including phenoxy) is 2. The zero-order valence-electron chi connectivity index (χ0n) is 28.3. The Balaban J connectivity index is 2.58. The minimum absolute atomic E-state index is 0.0136. The van der Waals surface area contributed by atoms with E-state index in [1.54, 1.807) is 67.5 Å². The maximum Gasteiger partial charge on any atom is 0.408 e. The number of carbonyl (C=O) groups excluding carboxylic acids is 4. The quantitative estimate of drug-likeness (QED) is 0.259. The summed E-state index contributed by atoms with van der Waals surface area (Å²) in [4.78, 5) is 56.3. The number of amides is 3. The summed E-state index contributed by atoms with van der Waals surface area (Å²) < 4.78 is 11.1. The summed E-state index contributed by atoms with van der Waals surface area (Å²) in [7, 11) is 0. The first-order valence-electron chi connectivity index (χ1n) is 15.4. The van der Waals surface area contributed by atoms with E-state index in [-0.39, 0.29) is 18.1 Å². The molecule has 0 aliphatic rings. The fraction of sp³-hybridized carbons (Fsp3) is 0.543. The Labute approximate surface area is 267 Å². The van der Waals surface area contributed by atoms with E-state index in [1.165, 1.54) is 17.0 Å². The number of phenols is 1. The Bertz CT molecular complexity index is 1280. The fourth-order valence-corrected chi connectivity index (χ4v) is 4.76. The third-order valence-electron chi connectivity index (χ3n) is 6.53. The normalized spacial score (nSPS) is 13.9. The zero-order valence-corrected chi connectivity index (χ0v) is 28.3. The molecule has 248 valence electrons. The van der Waals surface area contributed by atoms with Gasteiger partial charge in [-0.25, -0.2) is 9.59 Å². The van der Waals surface area contributed by atoms with Gasteiger partial charge in [-0.3, -0.25) is 9.59 Å². The lowest BCUT2D eigenvalue weighted by Crippen LogP contribution is -2.56. The summed E-state index contributed by atoms with van der Waals surface area (Å²) in [5.41, 5.74) is -0.359. The first-order valence-corrected chi connectivity index (χ1v) is 15.4. The molecule has 0 aromatic heterocycles. The van der Waals surface area contributed by atoms with Crippen LogP contribution in [0.2, 0.25) is 0 Å². The average molecular weight is 626 g/mol. The van der Waals surface area contributed by atoms with Crippen LogP contribution >= 0.6 is 0 Å². The topological polar surface area (TPSA) is 134 Å². The van der Waals surface area contributed by atoms with E-state index in [0.29, 0.717) is 12.0 Å². The molecular formula is C35H51N3O7. The second-order valence-electron chi connectivity index (χ2n) is 13.9. The molecule has 0 spiro atoms. The number of rotatable bonds is 12. The number of nitrogens with one attached hydrogen (secondary N) is 2. The Kier molecular flexibility index (Phi) is 13.0. The minimum Gasteiger partial charge on any atom is -0.508 e. The molecule has 0 aliphatic heterocycles. The molecule has 10 heteroatoms. The van der Waals surface area contributed by atoms with Gasteiger partial charge >= 0.3 is 12.1 Å². The number of phenolic OH excluding ortho intramolecular Hbond substituents is 1. The Hall–Kier alpha value is -4.08. The number of hydrogen-bond donors (Lipinski definition) is 3. The number of nitrogens with zero attached hydrogens (tertiary/aromatic N) is 1. The SMILES string of the molecule is CC(C)CC(NC(=O)OC(C)(C)C)C(=O)N(C(C)C)C(C(=O)NC(Cc1ccccc1)C(=O)OC(C)(C)C)c1ccc(O)cc1. The first-order chi connectivity index (χ1) is 20.8. The van der Waals surface area contributed by atoms with Crippen LogP contribution in [0.4, 0.5) is 4.79 Å². The van der Waals surface area contributed by atoms with Crippen LogP contribution in [0.3, 0.4) is 0 Å². The molecule has 10 nitrogen and oxygen atoms in total. The minimum atomic E-state index is -1.21. The summed E-state index contributed by atoms with van der Waals surface area (Å²) in [6.07, 6.45) is -0.293. The van der Waals surface area contributed by atoms with Gasteiger partial charge in [-0.2, -0.15) is 0 Å². The summed E-state index contributed by atoms with van der Waals surface area (Å²) in [5.74, 6) is -1.72. The van der Waals surface area contributed by atoms with Crippen molar-refractivity contribution in [2.24, 2.45) is 5.92 Å². The number of carbonyl (C=O) groups is 4. The highest BCUT2D eigenvalue weighted by Crippen LogP contribution is 2.28. The highest BCUT2D eigenvalue weighted by molar-refractivity contribution is 5.94. The predicted octanol–water partition coefficient (Wildman–Crippen LogP) is 5.68. The lowest BCUT2D eigenvalue weighted by atomic mass is 9.97. The summed E-state index contributed by atoms with van der Waals surface area (Å²) in [6, 6.07) is 11.4. The van der Waals surface area contributed by atoms with Crippen molar-refractivity contribution in [3.63, 3.8) is 0 Å². The van der Waals surface area contributed by atoms with Gasteiger partial charge in [0.1, 0.15) is 35.1 Å². The van der Waals surface area contributed by atoms with Crippen molar-refractivity contribution in [1.29, 1.82) is 0 Å². The van der Waals surface area contributed by atoms with E-state index in [2.05, 4.69) is 10.6 Å². The lowest BCUT2D eigenvalue weighted by molar-refractivity contribution is -0.159. The standard InChI is InChI=1S/C35H51N3O7/c1-22(2)20-27(37-33(43)45-35(8,9)10)31(41)38(23(3)4)29(25-16-18-26(39)19-17-25)30(40)36-28(32(42)44-34(5,6)7)21-24-14-12-11-13-15-24/h11-19,22-23,27-29,39H,20-21H2,1-10H3,(H,36,40)(H,37,43). The molecule has 0 heterocycles. The molecular weight excluding hydrogens is 574 g/mol. The molecule has 0 radical (unpaired) electrons. The van der Waals surface area contributed by atoms with Gasteiger partial charge in [0.25, 0.3) is 0 Å². The van der Waals surface area contributed by atoms with Crippen LogP contribution in [-0.4, -0.2) is 63.2 Å². The van der Waals surface area contributed by atoms with E-state index in [9.17, 15) is 24.3 Å². The maximum absolute atomic E-state index is 14.3. The van der Waals surface area contributed by atoms with Crippen molar-refractivity contribution in [1.82, 2.24) is 15.5 Å². The van der Waals surface area contributed by atoms with Gasteiger partial charge in [-0.05, 0) is 91.0 Å². The van der Waals surface area contributed by atoms with Gasteiger partial charge in [0, 0.05) is 12.5 Å². The molecule has 3 atom stereocenters. The Morgan fingerprint density at radius 3 is 1.82 bits per heavy atom. The zero-order chi connectivity index (χ0) is 34.1. The van der Waals surface area contributed by atoms with Gasteiger partial charge in [-0.1, -0.05) is 56.3 Å². The van der Waals surface area contributed by atoms with Gasteiger partial charge in [0.05, 0.1) is 0 Å². The average Bonchev–Trinajstić information content (AvgIpc) is 2.89. The van der Waals surface area contributed by atoms with E-state index in [1.807, 2.05) is 44.2 Å². The third-order valence-corrected chi connectivity index (χ3v) is 6.53. The lowest BCUT2D eigenvalue weighted by Gasteiger charge is -2.38. The predicted molar refractivity (Wildman–Crippen MR) is 173 cm³/mol. The molecule has 2 aromatic rings. The second kappa shape index (κ2) is 15.8. The smallest absolute Gasteiger partial charge is 0.408 e. The van der Waals surface area contributed by atoms with Crippen molar-refractivity contribution >= 4 is 23.9 Å². The first kappa shape index (κ1) is 37.1. The van der Waals surface area contributed by atoms with Gasteiger partial charge in [-0.15, -0.1) is 0 Å². The summed E-state index contributed by atoms with van der Waals surface area (Å²) in [5, 5.41) is 15.6. The number of benzene rings is 2.